The van der Waals surface area contributed by atoms with Crippen molar-refractivity contribution in [3.05, 3.63) is 35.9 Å². The number of carbonyl (C=O) groups is 1. The van der Waals surface area contributed by atoms with Crippen molar-refractivity contribution in [1.29, 1.82) is 0 Å². The molecule has 4 N–H and O–H groups in total. The van der Waals surface area contributed by atoms with Crippen LogP contribution in [-0.2, 0) is 10.2 Å². The fourth-order valence-corrected chi connectivity index (χ4v) is 7.95. The van der Waals surface area contributed by atoms with E-state index in [9.17, 15) is 4.79 Å². The van der Waals surface area contributed by atoms with E-state index in [1.54, 1.807) is 0 Å². The molecule has 31 heavy (non-hydrogen) atoms. The number of rotatable bonds is 7. The zero-order valence-electron chi connectivity index (χ0n) is 18.6. The average molecular weight is 444 g/mol. The molecule has 5 aliphatic carbocycles. The summed E-state index contributed by atoms with van der Waals surface area (Å²) >= 11 is 5.94. The summed E-state index contributed by atoms with van der Waals surface area (Å²) in [5, 5.41) is 7.35. The van der Waals surface area contributed by atoms with Crippen molar-refractivity contribution in [3.8, 4) is 0 Å². The molecule has 170 valence electrons. The van der Waals surface area contributed by atoms with Crippen molar-refractivity contribution in [2.45, 2.75) is 87.7 Å². The van der Waals surface area contributed by atoms with Crippen LogP contribution in [0.25, 0.3) is 0 Å². The molecular formula is C26H38ClN3O. The predicted molar refractivity (Wildman–Crippen MR) is 126 cm³/mol. The molecule has 1 aromatic rings. The Hall–Kier alpha value is -1.10. The Bertz CT molecular complexity index is 760. The maximum atomic E-state index is 13.8. The van der Waals surface area contributed by atoms with E-state index < -0.39 is 0 Å². The summed E-state index contributed by atoms with van der Waals surface area (Å²) in [6, 6.07) is 12.2. The molecule has 2 atom stereocenters. The topological polar surface area (TPSA) is 67.1 Å². The van der Waals surface area contributed by atoms with Crippen molar-refractivity contribution in [1.82, 2.24) is 10.6 Å². The fourth-order valence-electron chi connectivity index (χ4n) is 7.81. The van der Waals surface area contributed by atoms with E-state index in [2.05, 4.69) is 41.0 Å². The normalized spacial score (nSPS) is 41.3. The fraction of sp³-hybridized carbons (Fsp3) is 0.731. The highest BCUT2D eigenvalue weighted by atomic mass is 35.5. The van der Waals surface area contributed by atoms with Crippen LogP contribution in [0.3, 0.4) is 0 Å². The minimum absolute atomic E-state index is 0.157. The first-order chi connectivity index (χ1) is 15.0. The van der Waals surface area contributed by atoms with Crippen LogP contribution in [-0.4, -0.2) is 36.5 Å². The molecular weight excluding hydrogens is 406 g/mol. The molecule has 0 heterocycles. The van der Waals surface area contributed by atoms with E-state index in [4.69, 9.17) is 17.3 Å². The zero-order chi connectivity index (χ0) is 21.5. The van der Waals surface area contributed by atoms with Gasteiger partial charge >= 0.3 is 0 Å². The standard InChI is InChI=1S/C26H38ClN3O/c27-11-4-12-29-23-18-13-25(20-5-2-1-3-6-20)14-19(23)16-26(15-18,17-25)24(31)30-22-9-7-21(28)8-10-22/h1-3,5-6,18-19,21-23,29H,4,7-17,28H2,(H,30,31)/t18?,19?,21-,22-,23?,25?,26?. The van der Waals surface area contributed by atoms with Crippen molar-refractivity contribution in [2.24, 2.45) is 23.0 Å². The van der Waals surface area contributed by atoms with Gasteiger partial charge in [0.05, 0.1) is 5.41 Å². The number of halogens is 1. The van der Waals surface area contributed by atoms with E-state index >= 15 is 0 Å². The predicted octanol–water partition coefficient (Wildman–Crippen LogP) is 4.11. The number of hydrogen-bond donors (Lipinski definition) is 3. The number of carbonyl (C=O) groups excluding carboxylic acids is 1. The molecule has 0 spiro atoms. The maximum absolute atomic E-state index is 13.8. The summed E-state index contributed by atoms with van der Waals surface area (Å²) in [5.74, 6) is 2.19. The molecule has 0 aromatic heterocycles. The van der Waals surface area contributed by atoms with E-state index in [1.807, 2.05) is 0 Å². The van der Waals surface area contributed by atoms with Gasteiger partial charge in [-0.15, -0.1) is 11.6 Å². The summed E-state index contributed by atoms with van der Waals surface area (Å²) in [7, 11) is 0. The van der Waals surface area contributed by atoms with E-state index in [0.29, 0.717) is 41.7 Å². The van der Waals surface area contributed by atoms with Gasteiger partial charge in [0.2, 0.25) is 5.91 Å². The highest BCUT2D eigenvalue weighted by Crippen LogP contribution is 2.65. The molecule has 0 radical (unpaired) electrons. The second-order valence-electron chi connectivity index (χ2n) is 11.0. The molecule has 1 aromatic carbocycles. The van der Waals surface area contributed by atoms with E-state index in [0.717, 1.165) is 57.9 Å². The number of nitrogens with two attached hydrogens (primary N) is 1. The molecule has 5 heteroatoms. The van der Waals surface area contributed by atoms with Gasteiger partial charge in [-0.1, -0.05) is 30.3 Å². The van der Waals surface area contributed by atoms with Crippen LogP contribution in [0.5, 0.6) is 0 Å². The molecule has 5 aliphatic rings. The third-order valence-electron chi connectivity index (χ3n) is 8.97. The van der Waals surface area contributed by atoms with Crippen LogP contribution < -0.4 is 16.4 Å². The Morgan fingerprint density at radius 3 is 2.35 bits per heavy atom. The number of amides is 1. The van der Waals surface area contributed by atoms with Gasteiger partial charge in [-0.05, 0) is 93.6 Å². The first kappa shape index (κ1) is 21.7. The van der Waals surface area contributed by atoms with Crippen LogP contribution in [0.15, 0.2) is 30.3 Å². The molecule has 5 saturated carbocycles. The first-order valence-electron chi connectivity index (χ1n) is 12.5. The number of alkyl halides is 1. The summed E-state index contributed by atoms with van der Waals surface area (Å²) < 4.78 is 0. The minimum Gasteiger partial charge on any atom is -0.353 e. The monoisotopic (exact) mass is 443 g/mol. The molecule has 4 bridgehead atoms. The van der Waals surface area contributed by atoms with Crippen LogP contribution in [0, 0.1) is 17.3 Å². The van der Waals surface area contributed by atoms with Gasteiger partial charge in [0, 0.05) is 24.0 Å². The van der Waals surface area contributed by atoms with Crippen LogP contribution in [0.2, 0.25) is 0 Å². The Kier molecular flexibility index (Phi) is 6.09. The van der Waals surface area contributed by atoms with Crippen LogP contribution in [0.4, 0.5) is 0 Å². The lowest BCUT2D eigenvalue weighted by Gasteiger charge is -2.64. The lowest BCUT2D eigenvalue weighted by molar-refractivity contribution is -0.153. The van der Waals surface area contributed by atoms with Gasteiger partial charge in [-0.2, -0.15) is 0 Å². The molecule has 1 amide bonds. The average Bonchev–Trinajstić information content (AvgIpc) is 2.77. The summed E-state index contributed by atoms with van der Waals surface area (Å²) in [6.45, 7) is 0.987. The molecule has 0 saturated heterocycles. The second-order valence-corrected chi connectivity index (χ2v) is 11.4. The maximum Gasteiger partial charge on any atom is 0.226 e. The summed E-state index contributed by atoms with van der Waals surface area (Å²) in [6.07, 6.45) is 10.6. The SMILES string of the molecule is N[C@H]1CC[C@H](NC(=O)C23CC4CC(c5ccccc5)(CC(C2)C4NCCCCl)C3)CC1. The largest absolute Gasteiger partial charge is 0.353 e. The lowest BCUT2D eigenvalue weighted by atomic mass is 9.41. The van der Waals surface area contributed by atoms with Gasteiger partial charge in [0.15, 0.2) is 0 Å². The number of nitrogens with one attached hydrogen (secondary N) is 2. The van der Waals surface area contributed by atoms with Crippen molar-refractivity contribution in [3.63, 3.8) is 0 Å². The van der Waals surface area contributed by atoms with Gasteiger partial charge in [0.1, 0.15) is 0 Å². The third-order valence-corrected chi connectivity index (χ3v) is 9.24. The minimum atomic E-state index is -0.202. The molecule has 5 fully saturated rings. The Balaban J connectivity index is 1.39. The Labute approximate surface area is 192 Å². The van der Waals surface area contributed by atoms with E-state index in [1.165, 1.54) is 18.4 Å². The molecule has 0 aliphatic heterocycles. The Morgan fingerprint density at radius 2 is 1.71 bits per heavy atom. The highest BCUT2D eigenvalue weighted by molar-refractivity contribution is 6.17. The van der Waals surface area contributed by atoms with Crippen LogP contribution >= 0.6 is 11.6 Å². The molecule has 6 rings (SSSR count). The second kappa shape index (κ2) is 8.68. The van der Waals surface area contributed by atoms with Gasteiger partial charge in [-0.25, -0.2) is 0 Å². The Morgan fingerprint density at radius 1 is 1.03 bits per heavy atom. The smallest absolute Gasteiger partial charge is 0.226 e. The van der Waals surface area contributed by atoms with Crippen molar-refractivity contribution < 1.29 is 4.79 Å². The van der Waals surface area contributed by atoms with Gasteiger partial charge in [0.25, 0.3) is 0 Å². The quantitative estimate of drug-likeness (QED) is 0.439. The zero-order valence-corrected chi connectivity index (χ0v) is 19.4. The van der Waals surface area contributed by atoms with Crippen molar-refractivity contribution in [2.75, 3.05) is 12.4 Å². The highest BCUT2D eigenvalue weighted by Gasteiger charge is 2.64. The number of hydrogen-bond acceptors (Lipinski definition) is 3. The lowest BCUT2D eigenvalue weighted by Crippen LogP contribution is -2.66. The van der Waals surface area contributed by atoms with E-state index in [-0.39, 0.29) is 10.8 Å². The molecule has 4 nitrogen and oxygen atoms in total. The van der Waals surface area contributed by atoms with Crippen LogP contribution in [0.1, 0.15) is 69.8 Å². The molecule has 2 unspecified atom stereocenters. The van der Waals surface area contributed by atoms with Gasteiger partial charge < -0.3 is 16.4 Å². The third kappa shape index (κ3) is 4.05. The van der Waals surface area contributed by atoms with Crippen molar-refractivity contribution >= 4 is 17.5 Å². The summed E-state index contributed by atoms with van der Waals surface area (Å²) in [4.78, 5) is 13.8. The number of benzene rings is 1. The first-order valence-corrected chi connectivity index (χ1v) is 13.0. The van der Waals surface area contributed by atoms with Gasteiger partial charge in [-0.3, -0.25) is 4.79 Å². The summed E-state index contributed by atoms with van der Waals surface area (Å²) in [5.41, 5.74) is 7.50.